The molecule has 0 spiro atoms. The molecule has 3 amide bonds. The highest BCUT2D eigenvalue weighted by molar-refractivity contribution is 5.94. The molecule has 1 rings (SSSR count). The third-order valence-corrected chi connectivity index (χ3v) is 3.65. The topological polar surface area (TPSA) is 73.5 Å². The van der Waals surface area contributed by atoms with E-state index in [9.17, 15) is 14.0 Å². The summed E-state index contributed by atoms with van der Waals surface area (Å²) in [6.07, 6.45) is 0.573. The molecule has 24 heavy (non-hydrogen) atoms. The van der Waals surface area contributed by atoms with E-state index in [1.165, 1.54) is 18.2 Å². The maximum atomic E-state index is 13.4. The lowest BCUT2D eigenvalue weighted by Crippen LogP contribution is -2.41. The summed E-state index contributed by atoms with van der Waals surface area (Å²) in [5.74, 6) is -0.988. The highest BCUT2D eigenvalue weighted by Crippen LogP contribution is 2.05. The predicted molar refractivity (Wildman–Crippen MR) is 92.5 cm³/mol. The molecule has 0 aromatic heterocycles. The third kappa shape index (κ3) is 7.41. The molecule has 6 nitrogen and oxygen atoms in total. The van der Waals surface area contributed by atoms with Gasteiger partial charge in [0.05, 0.1) is 5.56 Å². The van der Waals surface area contributed by atoms with Crippen molar-refractivity contribution in [3.05, 3.63) is 35.6 Å². The van der Waals surface area contributed by atoms with Crippen molar-refractivity contribution in [3.63, 3.8) is 0 Å². The average Bonchev–Trinajstić information content (AvgIpc) is 2.58. The summed E-state index contributed by atoms with van der Waals surface area (Å²) in [6.45, 7) is 8.31. The number of halogens is 1. The summed E-state index contributed by atoms with van der Waals surface area (Å²) in [5, 5.41) is 8.14. The van der Waals surface area contributed by atoms with Crippen LogP contribution in [-0.2, 0) is 0 Å². The second-order valence-corrected chi connectivity index (χ2v) is 5.30. The maximum absolute atomic E-state index is 13.4. The Hall–Kier alpha value is -2.15. The van der Waals surface area contributed by atoms with Gasteiger partial charge in [0.25, 0.3) is 5.91 Å². The van der Waals surface area contributed by atoms with Gasteiger partial charge in [-0.1, -0.05) is 26.0 Å². The summed E-state index contributed by atoms with van der Waals surface area (Å²) < 4.78 is 13.4. The zero-order valence-electron chi connectivity index (χ0n) is 14.4. The number of nitrogens with one attached hydrogen (secondary N) is 3. The van der Waals surface area contributed by atoms with E-state index in [2.05, 4.69) is 34.7 Å². The molecule has 0 unspecified atom stereocenters. The number of carbonyl (C=O) groups is 2. The minimum Gasteiger partial charge on any atom is -0.352 e. The Morgan fingerprint density at radius 3 is 2.29 bits per heavy atom. The van der Waals surface area contributed by atoms with Crippen molar-refractivity contribution >= 4 is 11.9 Å². The smallest absolute Gasteiger partial charge is 0.314 e. The highest BCUT2D eigenvalue weighted by atomic mass is 19.1. The molecule has 0 aliphatic heterocycles. The summed E-state index contributed by atoms with van der Waals surface area (Å²) in [7, 11) is 0. The number of urea groups is 1. The lowest BCUT2D eigenvalue weighted by molar-refractivity contribution is 0.0949. The number of rotatable bonds is 10. The fourth-order valence-electron chi connectivity index (χ4n) is 2.16. The van der Waals surface area contributed by atoms with Crippen LogP contribution in [0.4, 0.5) is 9.18 Å². The monoisotopic (exact) mass is 338 g/mol. The number of carbonyl (C=O) groups excluding carboxylic acids is 2. The number of amides is 3. The molecule has 134 valence electrons. The standard InChI is InChI=1S/C17H27FN4O2/c1-3-22(4-2)13-12-21-17(24)20-11-7-10-19-16(23)14-8-5-6-9-15(14)18/h5-6,8-9H,3-4,7,10-13H2,1-2H3,(H,19,23)(H2,20,21,24). The number of benzene rings is 1. The van der Waals surface area contributed by atoms with Crippen LogP contribution in [0.15, 0.2) is 24.3 Å². The number of hydrogen-bond acceptors (Lipinski definition) is 3. The van der Waals surface area contributed by atoms with Crippen molar-refractivity contribution in [2.75, 3.05) is 39.3 Å². The van der Waals surface area contributed by atoms with Crippen molar-refractivity contribution in [2.45, 2.75) is 20.3 Å². The lowest BCUT2D eigenvalue weighted by atomic mass is 10.2. The first-order chi connectivity index (χ1) is 11.6. The zero-order valence-corrected chi connectivity index (χ0v) is 14.4. The van der Waals surface area contributed by atoms with Gasteiger partial charge in [0.15, 0.2) is 0 Å². The Labute approximate surface area is 142 Å². The van der Waals surface area contributed by atoms with Crippen LogP contribution >= 0.6 is 0 Å². The Bertz CT molecular complexity index is 521. The Balaban J connectivity index is 2.10. The molecule has 0 bridgehead atoms. The third-order valence-electron chi connectivity index (χ3n) is 3.65. The molecule has 0 atom stereocenters. The van der Waals surface area contributed by atoms with E-state index in [-0.39, 0.29) is 11.6 Å². The van der Waals surface area contributed by atoms with Crippen LogP contribution in [0, 0.1) is 5.82 Å². The Morgan fingerprint density at radius 2 is 1.62 bits per heavy atom. The molecule has 0 saturated carbocycles. The summed E-state index contributed by atoms with van der Waals surface area (Å²) in [5.41, 5.74) is 0.0274. The van der Waals surface area contributed by atoms with E-state index >= 15 is 0 Å². The van der Waals surface area contributed by atoms with Gasteiger partial charge in [-0.3, -0.25) is 4.79 Å². The van der Waals surface area contributed by atoms with E-state index in [4.69, 9.17) is 0 Å². The van der Waals surface area contributed by atoms with Crippen LogP contribution in [0.1, 0.15) is 30.6 Å². The van der Waals surface area contributed by atoms with E-state index < -0.39 is 11.7 Å². The van der Waals surface area contributed by atoms with Crippen LogP contribution < -0.4 is 16.0 Å². The summed E-state index contributed by atoms with van der Waals surface area (Å²) in [4.78, 5) is 25.6. The van der Waals surface area contributed by atoms with E-state index in [0.29, 0.717) is 26.1 Å². The summed E-state index contributed by atoms with van der Waals surface area (Å²) >= 11 is 0. The van der Waals surface area contributed by atoms with Gasteiger partial charge in [-0.05, 0) is 31.6 Å². The van der Waals surface area contributed by atoms with Crippen LogP contribution in [0.5, 0.6) is 0 Å². The second kappa shape index (κ2) is 11.4. The van der Waals surface area contributed by atoms with Crippen molar-refractivity contribution < 1.29 is 14.0 Å². The molecule has 1 aromatic carbocycles. The maximum Gasteiger partial charge on any atom is 0.314 e. The molecule has 0 aliphatic carbocycles. The first kappa shape index (κ1) is 19.9. The lowest BCUT2D eigenvalue weighted by Gasteiger charge is -2.18. The number of hydrogen-bond donors (Lipinski definition) is 3. The van der Waals surface area contributed by atoms with Crippen LogP contribution in [0.3, 0.4) is 0 Å². The molecule has 0 fully saturated rings. The predicted octanol–water partition coefficient (Wildman–Crippen LogP) is 1.59. The van der Waals surface area contributed by atoms with Gasteiger partial charge in [0.1, 0.15) is 5.82 Å². The molecular formula is C17H27FN4O2. The highest BCUT2D eigenvalue weighted by Gasteiger charge is 2.09. The first-order valence-corrected chi connectivity index (χ1v) is 8.35. The summed E-state index contributed by atoms with van der Waals surface area (Å²) in [6, 6.07) is 5.62. The minimum absolute atomic E-state index is 0.0274. The molecule has 0 saturated heterocycles. The fourth-order valence-corrected chi connectivity index (χ4v) is 2.16. The SMILES string of the molecule is CCN(CC)CCNC(=O)NCCCNC(=O)c1ccccc1F. The van der Waals surface area contributed by atoms with Crippen molar-refractivity contribution in [3.8, 4) is 0 Å². The molecule has 0 radical (unpaired) electrons. The average molecular weight is 338 g/mol. The van der Waals surface area contributed by atoms with E-state index in [0.717, 1.165) is 19.6 Å². The minimum atomic E-state index is -0.541. The molecule has 0 aliphatic rings. The molecular weight excluding hydrogens is 311 g/mol. The second-order valence-electron chi connectivity index (χ2n) is 5.30. The molecule has 3 N–H and O–H groups in total. The first-order valence-electron chi connectivity index (χ1n) is 8.35. The van der Waals surface area contributed by atoms with Gasteiger partial charge >= 0.3 is 6.03 Å². The van der Waals surface area contributed by atoms with Crippen molar-refractivity contribution in [1.29, 1.82) is 0 Å². The van der Waals surface area contributed by atoms with E-state index in [1.54, 1.807) is 6.07 Å². The fraction of sp³-hybridized carbons (Fsp3) is 0.529. The Kier molecular flexibility index (Phi) is 9.45. The van der Waals surface area contributed by atoms with Gasteiger partial charge < -0.3 is 20.9 Å². The molecule has 0 heterocycles. The normalized spacial score (nSPS) is 10.5. The van der Waals surface area contributed by atoms with Crippen LogP contribution in [0.2, 0.25) is 0 Å². The van der Waals surface area contributed by atoms with Crippen molar-refractivity contribution in [2.24, 2.45) is 0 Å². The quantitative estimate of drug-likeness (QED) is 0.567. The molecule has 7 heteroatoms. The van der Waals surface area contributed by atoms with Crippen molar-refractivity contribution in [1.82, 2.24) is 20.9 Å². The number of likely N-dealkylation sites (N-methyl/N-ethyl adjacent to an activating group) is 1. The van der Waals surface area contributed by atoms with Gasteiger partial charge in [0, 0.05) is 26.2 Å². The largest absolute Gasteiger partial charge is 0.352 e. The van der Waals surface area contributed by atoms with Crippen LogP contribution in [-0.4, -0.2) is 56.1 Å². The van der Waals surface area contributed by atoms with E-state index in [1.807, 2.05) is 0 Å². The van der Waals surface area contributed by atoms with Gasteiger partial charge in [-0.2, -0.15) is 0 Å². The zero-order chi connectivity index (χ0) is 17.8. The Morgan fingerprint density at radius 1 is 1.00 bits per heavy atom. The van der Waals surface area contributed by atoms with Crippen LogP contribution in [0.25, 0.3) is 0 Å². The van der Waals surface area contributed by atoms with Gasteiger partial charge in [-0.25, -0.2) is 9.18 Å². The number of nitrogens with zero attached hydrogens (tertiary/aromatic N) is 1. The van der Waals surface area contributed by atoms with Gasteiger partial charge in [-0.15, -0.1) is 0 Å². The molecule has 1 aromatic rings. The van der Waals surface area contributed by atoms with Gasteiger partial charge in [0.2, 0.25) is 0 Å².